The van der Waals surface area contributed by atoms with Gasteiger partial charge in [0.15, 0.2) is 0 Å². The summed E-state index contributed by atoms with van der Waals surface area (Å²) in [4.78, 5) is 0. The van der Waals surface area contributed by atoms with E-state index in [9.17, 15) is 5.11 Å². The Morgan fingerprint density at radius 1 is 1.28 bits per heavy atom. The molecule has 0 spiro atoms. The lowest BCUT2D eigenvalue weighted by Crippen LogP contribution is -2.32. The molecule has 1 aromatic carbocycles. The van der Waals surface area contributed by atoms with Crippen LogP contribution in [0.2, 0.25) is 0 Å². The Balaban J connectivity index is 3.29. The Morgan fingerprint density at radius 3 is 2.28 bits per heavy atom. The Morgan fingerprint density at radius 2 is 1.83 bits per heavy atom. The second-order valence-electron chi connectivity index (χ2n) is 4.85. The first-order chi connectivity index (χ1) is 8.37. The van der Waals surface area contributed by atoms with E-state index in [4.69, 9.17) is 15.2 Å². The molecule has 0 bridgehead atoms. The van der Waals surface area contributed by atoms with Crippen molar-refractivity contribution in [2.75, 3.05) is 20.8 Å². The molecule has 1 aromatic rings. The van der Waals surface area contributed by atoms with Crippen molar-refractivity contribution >= 4 is 15.9 Å². The van der Waals surface area contributed by atoms with E-state index >= 15 is 0 Å². The van der Waals surface area contributed by atoms with E-state index in [0.717, 1.165) is 10.0 Å². The van der Waals surface area contributed by atoms with Gasteiger partial charge in [-0.15, -0.1) is 0 Å². The molecule has 18 heavy (non-hydrogen) atoms. The zero-order valence-electron chi connectivity index (χ0n) is 11.2. The molecule has 0 unspecified atom stereocenters. The van der Waals surface area contributed by atoms with E-state index in [1.165, 1.54) is 0 Å². The highest BCUT2D eigenvalue weighted by Gasteiger charge is 2.30. The molecule has 1 atom stereocenters. The lowest BCUT2D eigenvalue weighted by Gasteiger charge is -2.31. The van der Waals surface area contributed by atoms with Crippen LogP contribution < -0.4 is 15.2 Å². The summed E-state index contributed by atoms with van der Waals surface area (Å²) < 4.78 is 11.4. The third-order valence-corrected chi connectivity index (χ3v) is 3.71. The van der Waals surface area contributed by atoms with E-state index in [2.05, 4.69) is 15.9 Å². The van der Waals surface area contributed by atoms with E-state index in [-0.39, 0.29) is 12.6 Å². The first-order valence-corrected chi connectivity index (χ1v) is 6.44. The fourth-order valence-electron chi connectivity index (χ4n) is 1.65. The average Bonchev–Trinajstić information content (AvgIpc) is 2.37. The number of ether oxygens (including phenoxy) is 2. The topological polar surface area (TPSA) is 64.7 Å². The van der Waals surface area contributed by atoms with Gasteiger partial charge < -0.3 is 20.3 Å². The van der Waals surface area contributed by atoms with E-state index in [1.54, 1.807) is 14.2 Å². The first-order valence-electron chi connectivity index (χ1n) is 5.65. The summed E-state index contributed by atoms with van der Waals surface area (Å²) in [6, 6.07) is 3.31. The fraction of sp³-hybridized carbons (Fsp3) is 0.538. The maximum absolute atomic E-state index is 9.41. The molecule has 0 radical (unpaired) electrons. The Hall–Kier alpha value is -0.780. The number of rotatable bonds is 5. The third kappa shape index (κ3) is 2.96. The number of aliphatic hydroxyl groups excluding tert-OH is 1. The van der Waals surface area contributed by atoms with Gasteiger partial charge in [-0.1, -0.05) is 13.8 Å². The summed E-state index contributed by atoms with van der Waals surface area (Å²) in [6.07, 6.45) is 0. The van der Waals surface area contributed by atoms with Crippen LogP contribution in [0, 0.1) is 5.41 Å². The van der Waals surface area contributed by atoms with Gasteiger partial charge in [-0.05, 0) is 28.1 Å². The van der Waals surface area contributed by atoms with Crippen LogP contribution >= 0.6 is 15.9 Å². The van der Waals surface area contributed by atoms with Crippen molar-refractivity contribution in [3.63, 3.8) is 0 Å². The summed E-state index contributed by atoms with van der Waals surface area (Å²) >= 11 is 3.40. The van der Waals surface area contributed by atoms with Gasteiger partial charge in [-0.2, -0.15) is 0 Å². The van der Waals surface area contributed by atoms with Gasteiger partial charge in [-0.25, -0.2) is 0 Å². The van der Waals surface area contributed by atoms with Gasteiger partial charge in [0.25, 0.3) is 0 Å². The SMILES string of the molecule is COc1cc([C@@H](N)C(C)(C)CO)c(OC)cc1Br. The second-order valence-corrected chi connectivity index (χ2v) is 5.71. The quantitative estimate of drug-likeness (QED) is 0.875. The number of nitrogens with two attached hydrogens (primary N) is 1. The summed E-state index contributed by atoms with van der Waals surface area (Å²) in [5.74, 6) is 1.37. The van der Waals surface area contributed by atoms with E-state index < -0.39 is 5.41 Å². The van der Waals surface area contributed by atoms with Gasteiger partial charge >= 0.3 is 0 Å². The maximum atomic E-state index is 9.41. The standard InChI is InChI=1S/C13H20BrNO3/c1-13(2,7-16)12(15)8-5-11(18-4)9(14)6-10(8)17-3/h5-6,12,16H,7,15H2,1-4H3/t12-/m1/s1. The zero-order chi connectivity index (χ0) is 13.9. The molecule has 0 aliphatic heterocycles. The average molecular weight is 318 g/mol. The minimum absolute atomic E-state index is 0.00427. The first kappa shape index (κ1) is 15.3. The largest absolute Gasteiger partial charge is 0.496 e. The van der Waals surface area contributed by atoms with Gasteiger partial charge in [0.05, 0.1) is 18.7 Å². The highest BCUT2D eigenvalue weighted by atomic mass is 79.9. The van der Waals surface area contributed by atoms with Crippen molar-refractivity contribution in [3.8, 4) is 11.5 Å². The van der Waals surface area contributed by atoms with E-state index in [1.807, 2.05) is 26.0 Å². The third-order valence-electron chi connectivity index (χ3n) is 3.09. The number of methoxy groups -OCH3 is 2. The number of hydrogen-bond donors (Lipinski definition) is 2. The van der Waals surface area contributed by atoms with Crippen molar-refractivity contribution in [2.45, 2.75) is 19.9 Å². The van der Waals surface area contributed by atoms with Crippen molar-refractivity contribution in [3.05, 3.63) is 22.2 Å². The molecular weight excluding hydrogens is 298 g/mol. The van der Waals surface area contributed by atoms with Crippen LogP contribution in [0.5, 0.6) is 11.5 Å². The van der Waals surface area contributed by atoms with Crippen LogP contribution in [0.15, 0.2) is 16.6 Å². The normalized spacial score (nSPS) is 13.3. The lowest BCUT2D eigenvalue weighted by atomic mass is 9.81. The predicted molar refractivity (Wildman–Crippen MR) is 75.0 cm³/mol. The highest BCUT2D eigenvalue weighted by Crippen LogP contribution is 2.40. The van der Waals surface area contributed by atoms with Crippen molar-refractivity contribution in [1.29, 1.82) is 0 Å². The Bertz CT molecular complexity index is 421. The summed E-state index contributed by atoms with van der Waals surface area (Å²) in [7, 11) is 3.19. The molecule has 0 saturated heterocycles. The molecule has 0 heterocycles. The van der Waals surface area contributed by atoms with Crippen LogP contribution in [0.4, 0.5) is 0 Å². The molecule has 3 N–H and O–H groups in total. The summed E-state index contributed by atoms with van der Waals surface area (Å²) in [6.45, 7) is 3.81. The monoisotopic (exact) mass is 317 g/mol. The second kappa shape index (κ2) is 5.91. The number of halogens is 1. The molecule has 0 aliphatic rings. The van der Waals surface area contributed by atoms with Gasteiger partial charge in [-0.3, -0.25) is 0 Å². The molecule has 0 aliphatic carbocycles. The summed E-state index contributed by atoms with van der Waals surface area (Å²) in [5, 5.41) is 9.41. The molecule has 4 nitrogen and oxygen atoms in total. The fourth-order valence-corrected chi connectivity index (χ4v) is 2.13. The predicted octanol–water partition coefficient (Wildman–Crippen LogP) is 2.48. The summed E-state index contributed by atoms with van der Waals surface area (Å²) in [5.41, 5.74) is 6.60. The number of benzene rings is 1. The van der Waals surface area contributed by atoms with Crippen LogP contribution in [-0.4, -0.2) is 25.9 Å². The molecule has 5 heteroatoms. The molecule has 1 rings (SSSR count). The smallest absolute Gasteiger partial charge is 0.133 e. The molecular formula is C13H20BrNO3. The minimum Gasteiger partial charge on any atom is -0.496 e. The van der Waals surface area contributed by atoms with Crippen molar-refractivity contribution in [2.24, 2.45) is 11.1 Å². The van der Waals surface area contributed by atoms with Gasteiger partial charge in [0.2, 0.25) is 0 Å². The maximum Gasteiger partial charge on any atom is 0.133 e. The van der Waals surface area contributed by atoms with Gasteiger partial charge in [0.1, 0.15) is 11.5 Å². The Kier molecular flexibility index (Phi) is 5.01. The number of hydrogen-bond acceptors (Lipinski definition) is 4. The van der Waals surface area contributed by atoms with Crippen LogP contribution in [0.1, 0.15) is 25.5 Å². The molecule has 0 saturated carbocycles. The molecule has 102 valence electrons. The van der Waals surface area contributed by atoms with E-state index in [0.29, 0.717) is 11.5 Å². The van der Waals surface area contributed by atoms with Gasteiger partial charge in [0, 0.05) is 23.6 Å². The molecule has 0 amide bonds. The van der Waals surface area contributed by atoms with Crippen molar-refractivity contribution < 1.29 is 14.6 Å². The highest BCUT2D eigenvalue weighted by molar-refractivity contribution is 9.10. The van der Waals surface area contributed by atoms with Crippen LogP contribution in [0.3, 0.4) is 0 Å². The van der Waals surface area contributed by atoms with Crippen LogP contribution in [-0.2, 0) is 0 Å². The molecule has 0 aromatic heterocycles. The van der Waals surface area contributed by atoms with Crippen LogP contribution in [0.25, 0.3) is 0 Å². The lowest BCUT2D eigenvalue weighted by molar-refractivity contribution is 0.131. The molecule has 0 fully saturated rings. The number of aliphatic hydroxyl groups is 1. The minimum atomic E-state index is -0.438. The van der Waals surface area contributed by atoms with Crippen molar-refractivity contribution in [1.82, 2.24) is 0 Å². The Labute approximate surface area is 116 Å². The zero-order valence-corrected chi connectivity index (χ0v) is 12.7.